The molecule has 0 aliphatic heterocycles. The molecule has 130 valence electrons. The van der Waals surface area contributed by atoms with Crippen LogP contribution in [0.5, 0.6) is 5.88 Å². The molecule has 0 saturated carbocycles. The second kappa shape index (κ2) is 7.59. The van der Waals surface area contributed by atoms with Gasteiger partial charge in [-0.25, -0.2) is 10.5 Å². The summed E-state index contributed by atoms with van der Waals surface area (Å²) in [5, 5.41) is 6.77. The Balaban J connectivity index is 1.78. The van der Waals surface area contributed by atoms with Crippen LogP contribution in [0.1, 0.15) is 18.1 Å². The molecule has 6 heteroatoms. The molecule has 0 radical (unpaired) electrons. The van der Waals surface area contributed by atoms with Gasteiger partial charge in [-0.2, -0.15) is 0 Å². The van der Waals surface area contributed by atoms with Gasteiger partial charge in [0.05, 0.1) is 11.4 Å². The lowest BCUT2D eigenvalue weighted by molar-refractivity contribution is 0.291. The third-order valence-corrected chi connectivity index (χ3v) is 4.28. The zero-order valence-electron chi connectivity index (χ0n) is 14.3. The predicted octanol–water partition coefficient (Wildman–Crippen LogP) is 3.98. The number of rotatable bonds is 6. The van der Waals surface area contributed by atoms with Crippen molar-refractivity contribution in [2.75, 3.05) is 12.1 Å². The van der Waals surface area contributed by atoms with Crippen molar-refractivity contribution >= 4 is 17.3 Å². The predicted molar refractivity (Wildman–Crippen MR) is 101 cm³/mol. The standard InChI is InChI=1S/C19H21ClN4O/c1-3-14-5-4-6-18(23(2)21)17(14)13-25-19-11-12-24(22-19)16-9-7-15(20)8-10-16/h4-12H,3,13,21H2,1-2H3. The van der Waals surface area contributed by atoms with E-state index in [9.17, 15) is 0 Å². The Morgan fingerprint density at radius 1 is 1.16 bits per heavy atom. The monoisotopic (exact) mass is 356 g/mol. The van der Waals surface area contributed by atoms with Crippen LogP contribution in [0.3, 0.4) is 0 Å². The maximum absolute atomic E-state index is 5.95. The summed E-state index contributed by atoms with van der Waals surface area (Å²) in [6, 6.07) is 15.4. The molecule has 0 amide bonds. The van der Waals surface area contributed by atoms with E-state index in [1.54, 1.807) is 9.69 Å². The smallest absolute Gasteiger partial charge is 0.233 e. The minimum absolute atomic E-state index is 0.415. The summed E-state index contributed by atoms with van der Waals surface area (Å²) >= 11 is 5.92. The van der Waals surface area contributed by atoms with Crippen LogP contribution in [0.2, 0.25) is 5.02 Å². The molecule has 2 aromatic carbocycles. The Morgan fingerprint density at radius 3 is 2.60 bits per heavy atom. The molecule has 0 aliphatic rings. The lowest BCUT2D eigenvalue weighted by atomic mass is 10.0. The highest BCUT2D eigenvalue weighted by Gasteiger charge is 2.11. The van der Waals surface area contributed by atoms with Crippen LogP contribution in [0.15, 0.2) is 54.7 Å². The summed E-state index contributed by atoms with van der Waals surface area (Å²) in [4.78, 5) is 0. The van der Waals surface area contributed by atoms with Crippen molar-refractivity contribution in [2.45, 2.75) is 20.0 Å². The van der Waals surface area contributed by atoms with Gasteiger partial charge in [0.2, 0.25) is 5.88 Å². The van der Waals surface area contributed by atoms with Crippen molar-refractivity contribution in [1.82, 2.24) is 9.78 Å². The van der Waals surface area contributed by atoms with E-state index in [0.717, 1.165) is 23.4 Å². The van der Waals surface area contributed by atoms with Gasteiger partial charge >= 0.3 is 0 Å². The van der Waals surface area contributed by atoms with Crippen LogP contribution in [-0.4, -0.2) is 16.8 Å². The Hall–Kier alpha value is -2.50. The van der Waals surface area contributed by atoms with E-state index in [1.165, 1.54) is 5.56 Å². The van der Waals surface area contributed by atoms with Crippen molar-refractivity contribution in [3.05, 3.63) is 70.9 Å². The summed E-state index contributed by atoms with van der Waals surface area (Å²) < 4.78 is 7.67. The third-order valence-electron chi connectivity index (χ3n) is 4.03. The van der Waals surface area contributed by atoms with Gasteiger partial charge in [-0.3, -0.25) is 0 Å². The number of nitrogens with zero attached hydrogens (tertiary/aromatic N) is 3. The molecule has 0 bridgehead atoms. The normalized spacial score (nSPS) is 10.7. The summed E-state index contributed by atoms with van der Waals surface area (Å²) in [6.45, 7) is 2.53. The summed E-state index contributed by atoms with van der Waals surface area (Å²) in [5.41, 5.74) is 4.18. The first-order chi connectivity index (χ1) is 12.1. The van der Waals surface area contributed by atoms with E-state index in [4.69, 9.17) is 22.2 Å². The number of hydrogen-bond acceptors (Lipinski definition) is 4. The van der Waals surface area contributed by atoms with Crippen LogP contribution in [0, 0.1) is 0 Å². The molecule has 3 aromatic rings. The number of aryl methyl sites for hydroxylation is 1. The summed E-state index contributed by atoms with van der Waals surface area (Å²) in [5.74, 6) is 6.51. The van der Waals surface area contributed by atoms with Crippen molar-refractivity contribution < 1.29 is 4.74 Å². The number of halogens is 1. The first kappa shape index (κ1) is 17.3. The van der Waals surface area contributed by atoms with Crippen LogP contribution in [-0.2, 0) is 13.0 Å². The van der Waals surface area contributed by atoms with E-state index in [0.29, 0.717) is 17.5 Å². The SMILES string of the molecule is CCc1cccc(N(C)N)c1COc1ccn(-c2ccc(Cl)cc2)n1. The zero-order valence-corrected chi connectivity index (χ0v) is 15.1. The lowest BCUT2D eigenvalue weighted by Crippen LogP contribution is -2.27. The first-order valence-electron chi connectivity index (χ1n) is 8.12. The molecule has 0 saturated heterocycles. The quantitative estimate of drug-likeness (QED) is 0.536. The number of benzene rings is 2. The van der Waals surface area contributed by atoms with Gasteiger partial charge in [-0.15, -0.1) is 5.10 Å². The second-order valence-electron chi connectivity index (χ2n) is 5.74. The molecule has 5 nitrogen and oxygen atoms in total. The van der Waals surface area contributed by atoms with Crippen molar-refractivity contribution in [2.24, 2.45) is 5.84 Å². The fourth-order valence-corrected chi connectivity index (χ4v) is 2.84. The molecule has 1 aromatic heterocycles. The number of hydrogen-bond donors (Lipinski definition) is 1. The van der Waals surface area contributed by atoms with E-state index >= 15 is 0 Å². The molecule has 2 N–H and O–H groups in total. The average Bonchev–Trinajstić information content (AvgIpc) is 3.09. The topological polar surface area (TPSA) is 56.3 Å². The largest absolute Gasteiger partial charge is 0.472 e. The summed E-state index contributed by atoms with van der Waals surface area (Å²) in [7, 11) is 1.83. The molecule has 0 spiro atoms. The van der Waals surface area contributed by atoms with Crippen molar-refractivity contribution in [3.8, 4) is 11.6 Å². The number of ether oxygens (including phenoxy) is 1. The highest BCUT2D eigenvalue weighted by Crippen LogP contribution is 2.24. The van der Waals surface area contributed by atoms with E-state index in [2.05, 4.69) is 18.1 Å². The minimum atomic E-state index is 0.415. The van der Waals surface area contributed by atoms with Gasteiger partial charge in [-0.05, 0) is 42.3 Å². The fourth-order valence-electron chi connectivity index (χ4n) is 2.72. The molecule has 0 unspecified atom stereocenters. The van der Waals surface area contributed by atoms with Crippen molar-refractivity contribution in [3.63, 3.8) is 0 Å². The Labute approximate surface area is 152 Å². The number of nitrogens with two attached hydrogens (primary N) is 1. The van der Waals surface area contributed by atoms with Crippen molar-refractivity contribution in [1.29, 1.82) is 0 Å². The average molecular weight is 357 g/mol. The van der Waals surface area contributed by atoms with Gasteiger partial charge in [0.1, 0.15) is 6.61 Å². The first-order valence-corrected chi connectivity index (χ1v) is 8.50. The Bertz CT molecular complexity index is 843. The fraction of sp³-hybridized carbons (Fsp3) is 0.211. The molecular formula is C19H21ClN4O. The van der Waals surface area contributed by atoms with Crippen LogP contribution < -0.4 is 15.6 Å². The Kier molecular flexibility index (Phi) is 5.26. The van der Waals surface area contributed by atoms with Gasteiger partial charge < -0.3 is 9.75 Å². The maximum atomic E-state index is 5.95. The van der Waals surface area contributed by atoms with Gasteiger partial charge in [0, 0.05) is 29.9 Å². The van der Waals surface area contributed by atoms with E-state index in [1.807, 2.05) is 55.7 Å². The molecule has 3 rings (SSSR count). The summed E-state index contributed by atoms with van der Waals surface area (Å²) in [6.07, 6.45) is 2.78. The number of aromatic nitrogens is 2. The highest BCUT2D eigenvalue weighted by atomic mass is 35.5. The van der Waals surface area contributed by atoms with E-state index < -0.39 is 0 Å². The molecule has 0 fully saturated rings. The third kappa shape index (κ3) is 3.95. The van der Waals surface area contributed by atoms with Crippen LogP contribution >= 0.6 is 11.6 Å². The van der Waals surface area contributed by atoms with Crippen LogP contribution in [0.25, 0.3) is 5.69 Å². The molecule has 1 heterocycles. The highest BCUT2D eigenvalue weighted by molar-refractivity contribution is 6.30. The minimum Gasteiger partial charge on any atom is -0.472 e. The molecule has 0 atom stereocenters. The van der Waals surface area contributed by atoms with Gasteiger partial charge in [0.15, 0.2) is 0 Å². The molecule has 25 heavy (non-hydrogen) atoms. The van der Waals surface area contributed by atoms with Gasteiger partial charge in [0.25, 0.3) is 0 Å². The number of hydrazine groups is 1. The lowest BCUT2D eigenvalue weighted by Gasteiger charge is -2.19. The second-order valence-corrected chi connectivity index (χ2v) is 6.18. The maximum Gasteiger partial charge on any atom is 0.233 e. The zero-order chi connectivity index (χ0) is 17.8. The van der Waals surface area contributed by atoms with Gasteiger partial charge in [-0.1, -0.05) is 30.7 Å². The van der Waals surface area contributed by atoms with Crippen LogP contribution in [0.4, 0.5) is 5.69 Å². The number of anilines is 1. The molecular weight excluding hydrogens is 336 g/mol. The molecule has 0 aliphatic carbocycles. The Morgan fingerprint density at radius 2 is 1.92 bits per heavy atom. The van der Waals surface area contributed by atoms with E-state index in [-0.39, 0.29) is 0 Å².